The van der Waals surface area contributed by atoms with E-state index in [1.165, 1.54) is 11.1 Å². The maximum absolute atomic E-state index is 11.1. The molecule has 0 saturated carbocycles. The summed E-state index contributed by atoms with van der Waals surface area (Å²) < 4.78 is 0. The number of anilines is 3. The van der Waals surface area contributed by atoms with Gasteiger partial charge >= 0.3 is 0 Å². The van der Waals surface area contributed by atoms with Crippen molar-refractivity contribution < 1.29 is 4.79 Å². The molecule has 0 aromatic heterocycles. The summed E-state index contributed by atoms with van der Waals surface area (Å²) in [6.45, 7) is 4.12. The van der Waals surface area contributed by atoms with Crippen LogP contribution in [0.25, 0.3) is 0 Å². The number of nitrogens with zero attached hydrogens (tertiary/aromatic N) is 1. The predicted molar refractivity (Wildman–Crippen MR) is 83.4 cm³/mol. The second-order valence-corrected chi connectivity index (χ2v) is 5.04. The standard InChI is InChI=1S/C16H19N3O/c1-10-6-11(2)8-13(7-10)19(3)15-5-4-12(16(18)20)9-14(15)17/h4-9H,17H2,1-3H3,(H2,18,20). The number of nitrogens with two attached hydrogens (primary N) is 2. The lowest BCUT2D eigenvalue weighted by Gasteiger charge is -2.22. The number of aryl methyl sites for hydroxylation is 2. The second-order valence-electron chi connectivity index (χ2n) is 5.04. The highest BCUT2D eigenvalue weighted by atomic mass is 16.1. The van der Waals surface area contributed by atoms with E-state index in [2.05, 4.69) is 32.0 Å². The van der Waals surface area contributed by atoms with E-state index in [0.29, 0.717) is 11.3 Å². The first-order valence-electron chi connectivity index (χ1n) is 6.40. The van der Waals surface area contributed by atoms with Crippen molar-refractivity contribution in [3.63, 3.8) is 0 Å². The zero-order valence-electron chi connectivity index (χ0n) is 12.0. The summed E-state index contributed by atoms with van der Waals surface area (Å²) in [4.78, 5) is 13.1. The number of hydrogen-bond donors (Lipinski definition) is 2. The summed E-state index contributed by atoms with van der Waals surface area (Å²) in [5.41, 5.74) is 16.5. The molecule has 0 aliphatic heterocycles. The highest BCUT2D eigenvalue weighted by Gasteiger charge is 2.10. The van der Waals surface area contributed by atoms with Gasteiger partial charge in [-0.15, -0.1) is 0 Å². The molecule has 104 valence electrons. The molecule has 0 spiro atoms. The minimum absolute atomic E-state index is 0.417. The van der Waals surface area contributed by atoms with Gasteiger partial charge in [-0.05, 0) is 55.3 Å². The molecule has 0 atom stereocenters. The number of hydrogen-bond acceptors (Lipinski definition) is 3. The molecule has 0 radical (unpaired) electrons. The molecule has 2 aromatic rings. The molecule has 0 heterocycles. The number of carbonyl (C=O) groups is 1. The first-order valence-corrected chi connectivity index (χ1v) is 6.40. The maximum Gasteiger partial charge on any atom is 0.248 e. The smallest absolute Gasteiger partial charge is 0.248 e. The summed E-state index contributed by atoms with van der Waals surface area (Å²) in [5, 5.41) is 0. The van der Waals surface area contributed by atoms with Gasteiger partial charge < -0.3 is 16.4 Å². The maximum atomic E-state index is 11.1. The molecule has 2 rings (SSSR count). The average Bonchev–Trinajstić information content (AvgIpc) is 2.36. The Morgan fingerprint density at radius 2 is 1.65 bits per heavy atom. The third-order valence-corrected chi connectivity index (χ3v) is 3.27. The van der Waals surface area contributed by atoms with E-state index >= 15 is 0 Å². The Balaban J connectivity index is 2.42. The topological polar surface area (TPSA) is 72.3 Å². The van der Waals surface area contributed by atoms with Crippen LogP contribution in [0, 0.1) is 13.8 Å². The molecule has 0 saturated heterocycles. The van der Waals surface area contributed by atoms with Gasteiger partial charge in [0, 0.05) is 18.3 Å². The lowest BCUT2D eigenvalue weighted by atomic mass is 10.1. The van der Waals surface area contributed by atoms with Crippen LogP contribution in [0.3, 0.4) is 0 Å². The zero-order valence-corrected chi connectivity index (χ0v) is 12.0. The zero-order chi connectivity index (χ0) is 14.9. The van der Waals surface area contributed by atoms with E-state index in [0.717, 1.165) is 11.4 Å². The van der Waals surface area contributed by atoms with E-state index in [1.807, 2.05) is 18.0 Å². The lowest BCUT2D eigenvalue weighted by Crippen LogP contribution is -2.15. The van der Waals surface area contributed by atoms with Crippen LogP contribution in [0.1, 0.15) is 21.5 Å². The quantitative estimate of drug-likeness (QED) is 0.841. The summed E-state index contributed by atoms with van der Waals surface area (Å²) in [5.74, 6) is -0.475. The fraction of sp³-hybridized carbons (Fsp3) is 0.188. The van der Waals surface area contributed by atoms with E-state index in [1.54, 1.807) is 12.1 Å². The van der Waals surface area contributed by atoms with Gasteiger partial charge in [0.2, 0.25) is 5.91 Å². The van der Waals surface area contributed by atoms with Crippen molar-refractivity contribution in [1.29, 1.82) is 0 Å². The van der Waals surface area contributed by atoms with Gasteiger partial charge in [0.05, 0.1) is 11.4 Å². The van der Waals surface area contributed by atoms with Crippen LogP contribution < -0.4 is 16.4 Å². The van der Waals surface area contributed by atoms with E-state index in [-0.39, 0.29) is 0 Å². The van der Waals surface area contributed by atoms with Crippen LogP contribution in [-0.4, -0.2) is 13.0 Å². The van der Waals surface area contributed by atoms with Crippen LogP contribution in [0.5, 0.6) is 0 Å². The SMILES string of the molecule is Cc1cc(C)cc(N(C)c2ccc(C(N)=O)cc2N)c1. The number of rotatable bonds is 3. The normalized spacial score (nSPS) is 10.3. The highest BCUT2D eigenvalue weighted by molar-refractivity contribution is 5.95. The van der Waals surface area contributed by atoms with Crippen molar-refractivity contribution in [3.8, 4) is 0 Å². The molecular formula is C16H19N3O. The van der Waals surface area contributed by atoms with Crippen molar-refractivity contribution in [2.75, 3.05) is 17.7 Å². The summed E-state index contributed by atoms with van der Waals surface area (Å²) in [7, 11) is 1.95. The Kier molecular flexibility index (Phi) is 3.66. The fourth-order valence-electron chi connectivity index (χ4n) is 2.30. The number of benzene rings is 2. The number of amides is 1. The molecule has 20 heavy (non-hydrogen) atoms. The lowest BCUT2D eigenvalue weighted by molar-refractivity contribution is 0.100. The van der Waals surface area contributed by atoms with Gasteiger partial charge in [0.15, 0.2) is 0 Å². The molecular weight excluding hydrogens is 250 g/mol. The fourth-order valence-corrected chi connectivity index (χ4v) is 2.30. The van der Waals surface area contributed by atoms with Gasteiger partial charge in [-0.3, -0.25) is 4.79 Å². The first-order chi connectivity index (χ1) is 9.38. The van der Waals surface area contributed by atoms with Crippen molar-refractivity contribution in [1.82, 2.24) is 0 Å². The van der Waals surface area contributed by atoms with Crippen molar-refractivity contribution in [2.24, 2.45) is 5.73 Å². The minimum Gasteiger partial charge on any atom is -0.397 e. The van der Waals surface area contributed by atoms with E-state index in [9.17, 15) is 4.79 Å². The van der Waals surface area contributed by atoms with Crippen molar-refractivity contribution in [3.05, 3.63) is 53.1 Å². The summed E-state index contributed by atoms with van der Waals surface area (Å²) >= 11 is 0. The van der Waals surface area contributed by atoms with Gasteiger partial charge in [0.25, 0.3) is 0 Å². The summed E-state index contributed by atoms with van der Waals surface area (Å²) in [6, 6.07) is 11.4. The van der Waals surface area contributed by atoms with E-state index < -0.39 is 5.91 Å². The highest BCUT2D eigenvalue weighted by Crippen LogP contribution is 2.30. The molecule has 0 bridgehead atoms. The molecule has 0 aliphatic rings. The molecule has 2 aromatic carbocycles. The van der Waals surface area contributed by atoms with E-state index in [4.69, 9.17) is 11.5 Å². The Morgan fingerprint density at radius 3 is 2.15 bits per heavy atom. The molecule has 4 N–H and O–H groups in total. The Hall–Kier alpha value is -2.49. The molecule has 4 nitrogen and oxygen atoms in total. The van der Waals surface area contributed by atoms with Crippen LogP contribution in [0.15, 0.2) is 36.4 Å². The molecule has 1 amide bonds. The van der Waals surface area contributed by atoms with Gasteiger partial charge in [-0.2, -0.15) is 0 Å². The van der Waals surface area contributed by atoms with Crippen LogP contribution in [0.2, 0.25) is 0 Å². The largest absolute Gasteiger partial charge is 0.397 e. The third-order valence-electron chi connectivity index (χ3n) is 3.27. The second kappa shape index (κ2) is 5.25. The molecule has 4 heteroatoms. The molecule has 0 unspecified atom stereocenters. The minimum atomic E-state index is -0.475. The Morgan fingerprint density at radius 1 is 1.05 bits per heavy atom. The predicted octanol–water partition coefficient (Wildman–Crippen LogP) is 2.75. The van der Waals surface area contributed by atoms with Gasteiger partial charge in [0.1, 0.15) is 0 Å². The van der Waals surface area contributed by atoms with Crippen molar-refractivity contribution in [2.45, 2.75) is 13.8 Å². The number of carbonyl (C=O) groups excluding carboxylic acids is 1. The molecule has 0 fully saturated rings. The summed E-state index contributed by atoms with van der Waals surface area (Å²) in [6.07, 6.45) is 0. The molecule has 0 aliphatic carbocycles. The third kappa shape index (κ3) is 2.74. The van der Waals surface area contributed by atoms with Gasteiger partial charge in [-0.1, -0.05) is 6.07 Å². The van der Waals surface area contributed by atoms with Crippen LogP contribution in [0.4, 0.5) is 17.1 Å². The number of nitrogen functional groups attached to an aromatic ring is 1. The number of primary amides is 1. The van der Waals surface area contributed by atoms with Gasteiger partial charge in [-0.25, -0.2) is 0 Å². The first kappa shape index (κ1) is 13.9. The monoisotopic (exact) mass is 269 g/mol. The Bertz CT molecular complexity index is 645. The van der Waals surface area contributed by atoms with Crippen molar-refractivity contribution >= 4 is 23.0 Å². The average molecular weight is 269 g/mol. The van der Waals surface area contributed by atoms with Crippen LogP contribution >= 0.6 is 0 Å². The Labute approximate surface area is 119 Å². The van der Waals surface area contributed by atoms with Crippen LogP contribution in [-0.2, 0) is 0 Å².